The standard InChI is InChI=1S/C17H18N2S/c1-12-6-3-4-8-14(12)10-11-19-15-9-5-7-13(2)16(15)18-17(19)20/h3-9H,10-11H2,1-2H3,(H,18,20). The van der Waals surface area contributed by atoms with Crippen LogP contribution in [0.3, 0.4) is 0 Å². The van der Waals surface area contributed by atoms with Crippen molar-refractivity contribution >= 4 is 23.3 Å². The van der Waals surface area contributed by atoms with E-state index in [-0.39, 0.29) is 0 Å². The van der Waals surface area contributed by atoms with Gasteiger partial charge in [-0.15, -0.1) is 0 Å². The maximum Gasteiger partial charge on any atom is 0.178 e. The summed E-state index contributed by atoms with van der Waals surface area (Å²) in [5, 5.41) is 0. The van der Waals surface area contributed by atoms with E-state index >= 15 is 0 Å². The molecule has 1 aromatic heterocycles. The highest BCUT2D eigenvalue weighted by molar-refractivity contribution is 7.71. The fourth-order valence-corrected chi connectivity index (χ4v) is 2.96. The maximum atomic E-state index is 5.47. The average molecular weight is 282 g/mol. The number of fused-ring (bicyclic) bond motifs is 1. The molecular formula is C17H18N2S. The summed E-state index contributed by atoms with van der Waals surface area (Å²) in [6, 6.07) is 14.9. The Morgan fingerprint density at radius 1 is 1.00 bits per heavy atom. The van der Waals surface area contributed by atoms with E-state index in [1.807, 2.05) is 0 Å². The molecule has 3 rings (SSSR count). The van der Waals surface area contributed by atoms with Gasteiger partial charge in [-0.25, -0.2) is 0 Å². The Morgan fingerprint density at radius 2 is 1.75 bits per heavy atom. The molecule has 102 valence electrons. The second-order valence-electron chi connectivity index (χ2n) is 5.23. The number of aryl methyl sites for hydroxylation is 4. The second-order valence-corrected chi connectivity index (χ2v) is 5.61. The summed E-state index contributed by atoms with van der Waals surface area (Å²) in [5.41, 5.74) is 6.32. The highest BCUT2D eigenvalue weighted by Crippen LogP contribution is 2.19. The summed E-state index contributed by atoms with van der Waals surface area (Å²) in [6.07, 6.45) is 1.00. The number of para-hydroxylation sites is 1. The van der Waals surface area contributed by atoms with Crippen LogP contribution < -0.4 is 0 Å². The van der Waals surface area contributed by atoms with Crippen LogP contribution in [-0.2, 0) is 13.0 Å². The van der Waals surface area contributed by atoms with Crippen molar-refractivity contribution in [3.63, 3.8) is 0 Å². The van der Waals surface area contributed by atoms with Crippen LogP contribution in [0.2, 0.25) is 0 Å². The molecule has 1 N–H and O–H groups in total. The molecular weight excluding hydrogens is 264 g/mol. The van der Waals surface area contributed by atoms with E-state index in [9.17, 15) is 0 Å². The Balaban J connectivity index is 1.96. The molecule has 0 atom stereocenters. The molecule has 0 saturated heterocycles. The third kappa shape index (κ3) is 2.29. The van der Waals surface area contributed by atoms with Crippen molar-refractivity contribution in [2.45, 2.75) is 26.8 Å². The number of imidazole rings is 1. The highest BCUT2D eigenvalue weighted by atomic mass is 32.1. The van der Waals surface area contributed by atoms with Gasteiger partial charge in [-0.2, -0.15) is 0 Å². The van der Waals surface area contributed by atoms with Gasteiger partial charge in [0.15, 0.2) is 4.77 Å². The van der Waals surface area contributed by atoms with Crippen LogP contribution >= 0.6 is 12.2 Å². The van der Waals surface area contributed by atoms with E-state index in [0.29, 0.717) is 0 Å². The number of hydrogen-bond acceptors (Lipinski definition) is 1. The summed E-state index contributed by atoms with van der Waals surface area (Å²) < 4.78 is 3.01. The number of rotatable bonds is 3. The SMILES string of the molecule is Cc1ccccc1CCn1c(=S)[nH]c2c(C)cccc21. The van der Waals surface area contributed by atoms with Crippen LogP contribution in [-0.4, -0.2) is 9.55 Å². The first kappa shape index (κ1) is 13.1. The van der Waals surface area contributed by atoms with E-state index in [1.54, 1.807) is 0 Å². The minimum atomic E-state index is 0.808. The number of aromatic amines is 1. The van der Waals surface area contributed by atoms with Crippen LogP contribution in [0.15, 0.2) is 42.5 Å². The predicted molar refractivity (Wildman–Crippen MR) is 86.7 cm³/mol. The normalized spacial score (nSPS) is 11.1. The third-order valence-electron chi connectivity index (χ3n) is 3.88. The maximum absolute atomic E-state index is 5.47. The van der Waals surface area contributed by atoms with Gasteiger partial charge >= 0.3 is 0 Å². The third-order valence-corrected chi connectivity index (χ3v) is 4.21. The van der Waals surface area contributed by atoms with E-state index in [2.05, 4.69) is 65.9 Å². The molecule has 0 saturated carbocycles. The Morgan fingerprint density at radius 3 is 2.55 bits per heavy atom. The first-order valence-corrected chi connectivity index (χ1v) is 7.30. The molecule has 20 heavy (non-hydrogen) atoms. The fraction of sp³-hybridized carbons (Fsp3) is 0.235. The van der Waals surface area contributed by atoms with Crippen molar-refractivity contribution in [2.24, 2.45) is 0 Å². The van der Waals surface area contributed by atoms with Gasteiger partial charge in [0.2, 0.25) is 0 Å². The number of nitrogens with one attached hydrogen (secondary N) is 1. The number of nitrogens with zero attached hydrogens (tertiary/aromatic N) is 1. The van der Waals surface area contributed by atoms with Crippen LogP contribution in [0.4, 0.5) is 0 Å². The predicted octanol–water partition coefficient (Wildman–Crippen LogP) is 4.56. The lowest BCUT2D eigenvalue weighted by Crippen LogP contribution is -2.02. The molecule has 0 amide bonds. The molecule has 0 aliphatic heterocycles. The summed E-state index contributed by atoms with van der Waals surface area (Å²) in [4.78, 5) is 3.32. The molecule has 0 aliphatic rings. The van der Waals surface area contributed by atoms with E-state index in [4.69, 9.17) is 12.2 Å². The lowest BCUT2D eigenvalue weighted by atomic mass is 10.1. The number of benzene rings is 2. The van der Waals surface area contributed by atoms with E-state index < -0.39 is 0 Å². The molecule has 0 fully saturated rings. The molecule has 2 aromatic carbocycles. The summed E-state index contributed by atoms with van der Waals surface area (Å²) in [7, 11) is 0. The van der Waals surface area contributed by atoms with Gasteiger partial charge in [-0.1, -0.05) is 36.4 Å². The molecule has 0 radical (unpaired) electrons. The zero-order valence-corrected chi connectivity index (χ0v) is 12.6. The Labute approximate surface area is 124 Å². The minimum Gasteiger partial charge on any atom is -0.330 e. The van der Waals surface area contributed by atoms with Crippen molar-refractivity contribution in [3.8, 4) is 0 Å². The average Bonchev–Trinajstić information content (AvgIpc) is 2.76. The number of aromatic nitrogens is 2. The van der Waals surface area contributed by atoms with Crippen LogP contribution in [0.1, 0.15) is 16.7 Å². The molecule has 0 aliphatic carbocycles. The lowest BCUT2D eigenvalue weighted by Gasteiger charge is -2.07. The largest absolute Gasteiger partial charge is 0.330 e. The first-order chi connectivity index (χ1) is 9.66. The molecule has 1 heterocycles. The van der Waals surface area contributed by atoms with E-state index in [0.717, 1.165) is 23.3 Å². The lowest BCUT2D eigenvalue weighted by molar-refractivity contribution is 0.704. The minimum absolute atomic E-state index is 0.808. The van der Waals surface area contributed by atoms with Gasteiger partial charge in [0.25, 0.3) is 0 Å². The summed E-state index contributed by atoms with van der Waals surface area (Å²) in [6.45, 7) is 5.18. The molecule has 2 nitrogen and oxygen atoms in total. The van der Waals surface area contributed by atoms with Gasteiger partial charge in [0, 0.05) is 6.54 Å². The van der Waals surface area contributed by atoms with Crippen molar-refractivity contribution < 1.29 is 0 Å². The topological polar surface area (TPSA) is 20.7 Å². The number of H-pyrrole nitrogens is 1. The Hall–Kier alpha value is -1.87. The highest BCUT2D eigenvalue weighted by Gasteiger charge is 2.06. The fourth-order valence-electron chi connectivity index (χ4n) is 2.67. The van der Waals surface area contributed by atoms with Gasteiger partial charge in [-0.05, 0) is 55.2 Å². The van der Waals surface area contributed by atoms with Gasteiger partial charge in [0.1, 0.15) is 0 Å². The van der Waals surface area contributed by atoms with Crippen molar-refractivity contribution in [3.05, 3.63) is 63.9 Å². The molecule has 0 spiro atoms. The van der Waals surface area contributed by atoms with Crippen molar-refractivity contribution in [1.82, 2.24) is 9.55 Å². The van der Waals surface area contributed by atoms with Crippen molar-refractivity contribution in [1.29, 1.82) is 0 Å². The van der Waals surface area contributed by atoms with Gasteiger partial charge < -0.3 is 9.55 Å². The van der Waals surface area contributed by atoms with E-state index in [1.165, 1.54) is 22.2 Å². The molecule has 3 aromatic rings. The van der Waals surface area contributed by atoms with Crippen LogP contribution in [0, 0.1) is 18.6 Å². The van der Waals surface area contributed by atoms with Crippen molar-refractivity contribution in [2.75, 3.05) is 0 Å². The molecule has 3 heteroatoms. The quantitative estimate of drug-likeness (QED) is 0.698. The smallest absolute Gasteiger partial charge is 0.178 e. The van der Waals surface area contributed by atoms with Gasteiger partial charge in [0.05, 0.1) is 11.0 Å². The Kier molecular flexibility index (Phi) is 3.45. The molecule has 0 unspecified atom stereocenters. The van der Waals surface area contributed by atoms with Crippen LogP contribution in [0.25, 0.3) is 11.0 Å². The second kappa shape index (κ2) is 5.25. The summed E-state index contributed by atoms with van der Waals surface area (Å²) in [5.74, 6) is 0. The monoisotopic (exact) mass is 282 g/mol. The Bertz CT molecular complexity index is 811. The number of hydrogen-bond donors (Lipinski definition) is 1. The summed E-state index contributed by atoms with van der Waals surface area (Å²) >= 11 is 5.47. The van der Waals surface area contributed by atoms with Crippen LogP contribution in [0.5, 0.6) is 0 Å². The zero-order chi connectivity index (χ0) is 14.1. The van der Waals surface area contributed by atoms with Gasteiger partial charge in [-0.3, -0.25) is 0 Å². The zero-order valence-electron chi connectivity index (χ0n) is 11.8. The molecule has 0 bridgehead atoms. The first-order valence-electron chi connectivity index (χ1n) is 6.89.